The predicted octanol–water partition coefficient (Wildman–Crippen LogP) is 1.38. The van der Waals surface area contributed by atoms with Gasteiger partial charge in [0, 0.05) is 11.6 Å². The Morgan fingerprint density at radius 3 is 2.23 bits per heavy atom. The quantitative estimate of drug-likeness (QED) is 0.877. The largest absolute Gasteiger partial charge is 0.497 e. The minimum atomic E-state index is -0.539. The van der Waals surface area contributed by atoms with E-state index in [0.29, 0.717) is 18.8 Å². The Morgan fingerprint density at radius 2 is 1.65 bits per heavy atom. The number of ether oxygens (including phenoxy) is 2. The lowest BCUT2D eigenvalue weighted by atomic mass is 10.1. The van der Waals surface area contributed by atoms with Crippen LogP contribution < -0.4 is 14.4 Å². The van der Waals surface area contributed by atoms with Gasteiger partial charge in [0.15, 0.2) is 0 Å². The lowest BCUT2D eigenvalue weighted by Gasteiger charge is -2.32. The number of nitrogens with zero attached hydrogens (tertiary/aromatic N) is 1. The van der Waals surface area contributed by atoms with Crippen LogP contribution in [0.5, 0.6) is 11.5 Å². The van der Waals surface area contributed by atoms with E-state index in [1.165, 1.54) is 29.7 Å². The van der Waals surface area contributed by atoms with E-state index < -0.39 is 5.82 Å². The molecule has 0 bridgehead atoms. The first-order valence-electron chi connectivity index (χ1n) is 8.70. The highest BCUT2D eigenvalue weighted by Crippen LogP contribution is 2.18. The van der Waals surface area contributed by atoms with Crippen LogP contribution in [0.3, 0.4) is 0 Å². The predicted molar refractivity (Wildman–Crippen MR) is 96.3 cm³/mol. The van der Waals surface area contributed by atoms with Gasteiger partial charge in [0.1, 0.15) is 23.9 Å². The Bertz CT molecular complexity index is 756. The van der Waals surface area contributed by atoms with E-state index in [0.717, 1.165) is 25.4 Å². The van der Waals surface area contributed by atoms with Crippen molar-refractivity contribution in [1.82, 2.24) is 4.90 Å². The second-order valence-electron chi connectivity index (χ2n) is 6.41. The molecule has 1 heterocycles. The third-order valence-electron chi connectivity index (χ3n) is 4.78. The molecular weight excluding hydrogens is 335 g/mol. The number of quaternary nitrogens is 1. The van der Waals surface area contributed by atoms with Crippen molar-refractivity contribution in [2.45, 2.75) is 6.54 Å². The molecule has 0 unspecified atom stereocenters. The third kappa shape index (κ3) is 4.14. The number of hydrogen-bond donors (Lipinski definition) is 1. The average Bonchev–Trinajstić information content (AvgIpc) is 2.68. The molecule has 1 N–H and O–H groups in total. The van der Waals surface area contributed by atoms with Gasteiger partial charge in [-0.2, -0.15) is 0 Å². The van der Waals surface area contributed by atoms with Crippen LogP contribution in [-0.4, -0.2) is 51.2 Å². The summed E-state index contributed by atoms with van der Waals surface area (Å²) in [6.07, 6.45) is 0. The summed E-state index contributed by atoms with van der Waals surface area (Å²) in [4.78, 5) is 15.7. The molecule has 1 aliphatic heterocycles. The zero-order valence-electron chi connectivity index (χ0n) is 15.1. The number of halogens is 1. The standard InChI is InChI=1S/C20H23FN2O3/c1-25-16-5-3-15(4-6-16)14-22-9-11-23(12-10-22)20(24)18-8-7-17(26-2)13-19(18)21/h3-8,13H,9-12,14H2,1-2H3/p+1. The van der Waals surface area contributed by atoms with Crippen molar-refractivity contribution in [2.24, 2.45) is 0 Å². The molecule has 0 aliphatic carbocycles. The van der Waals surface area contributed by atoms with Crippen LogP contribution >= 0.6 is 0 Å². The van der Waals surface area contributed by atoms with E-state index >= 15 is 0 Å². The monoisotopic (exact) mass is 359 g/mol. The van der Waals surface area contributed by atoms with E-state index in [1.54, 1.807) is 18.1 Å². The number of hydrogen-bond acceptors (Lipinski definition) is 3. The van der Waals surface area contributed by atoms with Gasteiger partial charge in [0.2, 0.25) is 0 Å². The molecule has 5 nitrogen and oxygen atoms in total. The number of methoxy groups -OCH3 is 2. The summed E-state index contributed by atoms with van der Waals surface area (Å²) < 4.78 is 24.3. The van der Waals surface area contributed by atoms with Gasteiger partial charge in [-0.05, 0) is 36.4 Å². The fourth-order valence-electron chi connectivity index (χ4n) is 3.20. The molecule has 0 radical (unpaired) electrons. The van der Waals surface area contributed by atoms with Crippen LogP contribution in [0, 0.1) is 5.82 Å². The molecule has 0 aromatic heterocycles. The SMILES string of the molecule is COc1ccc(C[NH+]2CCN(C(=O)c3ccc(OC)cc3F)CC2)cc1. The highest BCUT2D eigenvalue weighted by molar-refractivity contribution is 5.94. The van der Waals surface area contributed by atoms with Crippen LogP contribution in [0.15, 0.2) is 42.5 Å². The minimum absolute atomic E-state index is 0.101. The number of rotatable bonds is 5. The number of amides is 1. The first-order valence-corrected chi connectivity index (χ1v) is 8.70. The molecule has 1 aliphatic rings. The van der Waals surface area contributed by atoms with E-state index in [4.69, 9.17) is 9.47 Å². The number of carbonyl (C=O) groups excluding carboxylic acids is 1. The molecule has 1 amide bonds. The van der Waals surface area contributed by atoms with Gasteiger partial charge < -0.3 is 19.3 Å². The van der Waals surface area contributed by atoms with E-state index in [9.17, 15) is 9.18 Å². The normalized spacial score (nSPS) is 15.0. The third-order valence-corrected chi connectivity index (χ3v) is 4.78. The topological polar surface area (TPSA) is 43.2 Å². The maximum absolute atomic E-state index is 14.1. The van der Waals surface area contributed by atoms with Gasteiger partial charge >= 0.3 is 0 Å². The zero-order chi connectivity index (χ0) is 18.5. The van der Waals surface area contributed by atoms with Crippen LogP contribution in [0.4, 0.5) is 4.39 Å². The van der Waals surface area contributed by atoms with Crippen molar-refractivity contribution in [2.75, 3.05) is 40.4 Å². The summed E-state index contributed by atoms with van der Waals surface area (Å²) in [6, 6.07) is 12.4. The van der Waals surface area contributed by atoms with Crippen LogP contribution in [0.25, 0.3) is 0 Å². The first-order chi connectivity index (χ1) is 12.6. The van der Waals surface area contributed by atoms with Crippen molar-refractivity contribution in [3.05, 3.63) is 59.4 Å². The fourth-order valence-corrected chi connectivity index (χ4v) is 3.20. The number of piperazine rings is 1. The second-order valence-corrected chi connectivity index (χ2v) is 6.41. The average molecular weight is 359 g/mol. The van der Waals surface area contributed by atoms with Gasteiger partial charge in [-0.3, -0.25) is 4.79 Å². The van der Waals surface area contributed by atoms with E-state index in [-0.39, 0.29) is 11.5 Å². The molecule has 0 saturated carbocycles. The Hall–Kier alpha value is -2.60. The number of carbonyl (C=O) groups is 1. The minimum Gasteiger partial charge on any atom is -0.497 e. The summed E-state index contributed by atoms with van der Waals surface area (Å²) in [7, 11) is 3.13. The molecule has 6 heteroatoms. The Balaban J connectivity index is 1.56. The van der Waals surface area contributed by atoms with Crippen molar-refractivity contribution < 1.29 is 23.6 Å². The number of benzene rings is 2. The summed E-state index contributed by atoms with van der Waals surface area (Å²) >= 11 is 0. The first kappa shape index (κ1) is 18.2. The molecule has 1 saturated heterocycles. The maximum Gasteiger partial charge on any atom is 0.257 e. The van der Waals surface area contributed by atoms with Gasteiger partial charge in [-0.1, -0.05) is 0 Å². The van der Waals surface area contributed by atoms with Crippen LogP contribution in [0.1, 0.15) is 15.9 Å². The van der Waals surface area contributed by atoms with E-state index in [2.05, 4.69) is 12.1 Å². The molecule has 0 atom stereocenters. The highest BCUT2D eigenvalue weighted by Gasteiger charge is 2.26. The lowest BCUT2D eigenvalue weighted by Crippen LogP contribution is -3.13. The number of nitrogens with one attached hydrogen (secondary N) is 1. The summed E-state index contributed by atoms with van der Waals surface area (Å²) in [5.41, 5.74) is 1.34. The molecule has 3 rings (SSSR count). The van der Waals surface area contributed by atoms with Gasteiger partial charge in [-0.15, -0.1) is 0 Å². The summed E-state index contributed by atoms with van der Waals surface area (Å²) in [6.45, 7) is 3.83. The summed E-state index contributed by atoms with van der Waals surface area (Å²) in [5.74, 6) is 0.462. The second kappa shape index (κ2) is 8.19. The molecule has 26 heavy (non-hydrogen) atoms. The van der Waals surface area contributed by atoms with Crippen molar-refractivity contribution >= 4 is 5.91 Å². The van der Waals surface area contributed by atoms with Gasteiger partial charge in [0.05, 0.1) is 46.0 Å². The van der Waals surface area contributed by atoms with Crippen LogP contribution in [-0.2, 0) is 6.54 Å². The summed E-state index contributed by atoms with van der Waals surface area (Å²) in [5, 5.41) is 0. The Labute approximate surface area is 152 Å². The zero-order valence-corrected chi connectivity index (χ0v) is 15.1. The van der Waals surface area contributed by atoms with Gasteiger partial charge in [-0.25, -0.2) is 4.39 Å². The lowest BCUT2D eigenvalue weighted by molar-refractivity contribution is -0.917. The smallest absolute Gasteiger partial charge is 0.257 e. The molecule has 2 aromatic carbocycles. The maximum atomic E-state index is 14.1. The van der Waals surface area contributed by atoms with E-state index in [1.807, 2.05) is 12.1 Å². The molecular formula is C20H24FN2O3+. The Morgan fingerprint density at radius 1 is 1.04 bits per heavy atom. The van der Waals surface area contributed by atoms with Gasteiger partial charge in [0.25, 0.3) is 5.91 Å². The molecule has 0 spiro atoms. The van der Waals surface area contributed by atoms with Crippen molar-refractivity contribution in [3.63, 3.8) is 0 Å². The van der Waals surface area contributed by atoms with Crippen molar-refractivity contribution in [3.8, 4) is 11.5 Å². The molecule has 138 valence electrons. The van der Waals surface area contributed by atoms with Crippen molar-refractivity contribution in [1.29, 1.82) is 0 Å². The highest BCUT2D eigenvalue weighted by atomic mass is 19.1. The fraction of sp³-hybridized carbons (Fsp3) is 0.350. The molecule has 2 aromatic rings. The van der Waals surface area contributed by atoms with Crippen LogP contribution in [0.2, 0.25) is 0 Å². The Kier molecular flexibility index (Phi) is 5.73. The molecule has 1 fully saturated rings.